The number of hydrogen-bond donors (Lipinski definition) is 1. The fourth-order valence-corrected chi connectivity index (χ4v) is 1.45. The van der Waals surface area contributed by atoms with Gasteiger partial charge >= 0.3 is 11.9 Å². The van der Waals surface area contributed by atoms with Gasteiger partial charge in [-0.2, -0.15) is 0 Å². The summed E-state index contributed by atoms with van der Waals surface area (Å²) in [6.45, 7) is 2.57. The van der Waals surface area contributed by atoms with Crippen molar-refractivity contribution in [1.29, 1.82) is 0 Å². The Bertz CT molecular complexity index is 259. The summed E-state index contributed by atoms with van der Waals surface area (Å²) in [6.07, 6.45) is 9.85. The molecule has 0 spiro atoms. The molecule has 0 unspecified atom stereocenters. The molecule has 0 aliphatic heterocycles. The average Bonchev–Trinajstić information content (AvgIpc) is 2.33. The number of carboxylic acid groups (broad SMARTS) is 1. The molecule has 1 N–H and O–H groups in total. The highest BCUT2D eigenvalue weighted by Crippen LogP contribution is 2.03. The smallest absolute Gasteiger partial charge is 0.305 e. The van der Waals surface area contributed by atoms with Crippen molar-refractivity contribution in [2.75, 3.05) is 6.61 Å². The van der Waals surface area contributed by atoms with E-state index < -0.39 is 5.97 Å². The van der Waals surface area contributed by atoms with E-state index in [2.05, 4.69) is 19.1 Å². The van der Waals surface area contributed by atoms with E-state index in [-0.39, 0.29) is 12.4 Å². The van der Waals surface area contributed by atoms with E-state index in [0.29, 0.717) is 25.9 Å². The van der Waals surface area contributed by atoms with Crippen LogP contribution >= 0.6 is 0 Å². The van der Waals surface area contributed by atoms with Crippen LogP contribution in [0.1, 0.15) is 58.3 Å². The van der Waals surface area contributed by atoms with Gasteiger partial charge in [-0.25, -0.2) is 0 Å². The Morgan fingerprint density at radius 1 is 1.06 bits per heavy atom. The lowest BCUT2D eigenvalue weighted by molar-refractivity contribution is -0.144. The minimum absolute atomic E-state index is 0.122. The first-order valence-electron chi connectivity index (χ1n) is 6.69. The predicted molar refractivity (Wildman–Crippen MR) is 70.3 cm³/mol. The highest BCUT2D eigenvalue weighted by atomic mass is 16.5. The van der Waals surface area contributed by atoms with Crippen LogP contribution in [0.4, 0.5) is 0 Å². The van der Waals surface area contributed by atoms with Crippen molar-refractivity contribution in [2.45, 2.75) is 58.3 Å². The Balaban J connectivity index is 3.26. The Morgan fingerprint density at radius 3 is 2.44 bits per heavy atom. The zero-order valence-corrected chi connectivity index (χ0v) is 11.2. The molecule has 0 bridgehead atoms. The molecule has 0 aromatic carbocycles. The molecule has 0 amide bonds. The van der Waals surface area contributed by atoms with Gasteiger partial charge in [0.05, 0.1) is 6.61 Å². The third-order valence-electron chi connectivity index (χ3n) is 2.45. The molecule has 4 heteroatoms. The summed E-state index contributed by atoms with van der Waals surface area (Å²) < 4.78 is 5.05. The maximum atomic E-state index is 11.2. The number of carbonyl (C=O) groups excluding carboxylic acids is 1. The lowest BCUT2D eigenvalue weighted by atomic mass is 10.2. The molecule has 0 saturated heterocycles. The van der Waals surface area contributed by atoms with Gasteiger partial charge in [0.15, 0.2) is 0 Å². The number of unbranched alkanes of at least 4 members (excludes halogenated alkanes) is 3. The molecular weight excluding hydrogens is 232 g/mol. The molecule has 0 aliphatic carbocycles. The minimum atomic E-state index is -0.816. The first-order valence-corrected chi connectivity index (χ1v) is 6.69. The van der Waals surface area contributed by atoms with Crippen molar-refractivity contribution in [1.82, 2.24) is 0 Å². The Labute approximate surface area is 109 Å². The van der Waals surface area contributed by atoms with Gasteiger partial charge in [0.1, 0.15) is 0 Å². The van der Waals surface area contributed by atoms with Crippen molar-refractivity contribution in [3.8, 4) is 0 Å². The van der Waals surface area contributed by atoms with Crippen molar-refractivity contribution in [3.63, 3.8) is 0 Å². The third-order valence-corrected chi connectivity index (χ3v) is 2.45. The van der Waals surface area contributed by atoms with E-state index in [1.807, 2.05) is 0 Å². The standard InChI is InChI=1S/C14H24O4/c1-2-3-4-5-6-9-12-18-14(17)11-8-7-10-13(15)16/h3-4H,2,5-12H2,1H3,(H,15,16)/b4-3-. The summed E-state index contributed by atoms with van der Waals surface area (Å²) in [4.78, 5) is 21.5. The third kappa shape index (κ3) is 12.7. The zero-order chi connectivity index (χ0) is 13.6. The van der Waals surface area contributed by atoms with E-state index in [1.54, 1.807) is 0 Å². The maximum Gasteiger partial charge on any atom is 0.305 e. The number of ether oxygens (including phenoxy) is 1. The summed E-state index contributed by atoms with van der Waals surface area (Å²) in [5.74, 6) is -1.03. The van der Waals surface area contributed by atoms with Crippen LogP contribution in [0, 0.1) is 0 Å². The largest absolute Gasteiger partial charge is 0.481 e. The van der Waals surface area contributed by atoms with E-state index >= 15 is 0 Å². The van der Waals surface area contributed by atoms with Crippen molar-refractivity contribution in [3.05, 3.63) is 12.2 Å². The van der Waals surface area contributed by atoms with E-state index in [9.17, 15) is 9.59 Å². The minimum Gasteiger partial charge on any atom is -0.481 e. The summed E-state index contributed by atoms with van der Waals surface area (Å²) in [6, 6.07) is 0. The second kappa shape index (κ2) is 12.1. The van der Waals surface area contributed by atoms with Crippen LogP contribution in [0.25, 0.3) is 0 Å². The van der Waals surface area contributed by atoms with Crippen LogP contribution in [0.15, 0.2) is 12.2 Å². The molecular formula is C14H24O4. The predicted octanol–water partition coefficient (Wildman–Crippen LogP) is 3.31. The van der Waals surface area contributed by atoms with Crippen LogP contribution in [0.5, 0.6) is 0 Å². The lowest BCUT2D eigenvalue weighted by Gasteiger charge is -2.03. The molecule has 18 heavy (non-hydrogen) atoms. The van der Waals surface area contributed by atoms with Gasteiger partial charge in [0.2, 0.25) is 0 Å². The molecule has 0 aromatic heterocycles. The Hall–Kier alpha value is -1.32. The van der Waals surface area contributed by atoms with Crippen molar-refractivity contribution >= 4 is 11.9 Å². The van der Waals surface area contributed by atoms with Crippen molar-refractivity contribution < 1.29 is 19.4 Å². The van der Waals surface area contributed by atoms with Crippen LogP contribution in [0.2, 0.25) is 0 Å². The van der Waals surface area contributed by atoms with Crippen LogP contribution in [-0.2, 0) is 14.3 Å². The average molecular weight is 256 g/mol. The topological polar surface area (TPSA) is 63.6 Å². The van der Waals surface area contributed by atoms with Gasteiger partial charge in [0.25, 0.3) is 0 Å². The first kappa shape index (κ1) is 16.7. The van der Waals surface area contributed by atoms with Crippen LogP contribution in [-0.4, -0.2) is 23.7 Å². The number of aliphatic carboxylic acids is 1. The van der Waals surface area contributed by atoms with Gasteiger partial charge in [-0.1, -0.05) is 19.1 Å². The second-order valence-corrected chi connectivity index (χ2v) is 4.20. The van der Waals surface area contributed by atoms with Gasteiger partial charge < -0.3 is 9.84 Å². The molecule has 0 saturated carbocycles. The Morgan fingerprint density at radius 2 is 1.78 bits per heavy atom. The molecule has 0 heterocycles. The number of allylic oxidation sites excluding steroid dienone is 2. The number of hydrogen-bond acceptors (Lipinski definition) is 3. The molecule has 0 atom stereocenters. The highest BCUT2D eigenvalue weighted by Gasteiger charge is 2.03. The molecule has 0 aliphatic rings. The van der Waals surface area contributed by atoms with Crippen LogP contribution in [0.3, 0.4) is 0 Å². The fourth-order valence-electron chi connectivity index (χ4n) is 1.45. The highest BCUT2D eigenvalue weighted by molar-refractivity contribution is 5.69. The number of carboxylic acids is 1. The Kier molecular flexibility index (Phi) is 11.3. The second-order valence-electron chi connectivity index (χ2n) is 4.20. The van der Waals surface area contributed by atoms with Gasteiger partial charge in [-0.15, -0.1) is 0 Å². The fraction of sp³-hybridized carbons (Fsp3) is 0.714. The maximum absolute atomic E-state index is 11.2. The van der Waals surface area contributed by atoms with Gasteiger partial charge in [-0.05, 0) is 38.5 Å². The number of esters is 1. The van der Waals surface area contributed by atoms with E-state index in [4.69, 9.17) is 9.84 Å². The van der Waals surface area contributed by atoms with E-state index in [1.165, 1.54) is 0 Å². The lowest BCUT2D eigenvalue weighted by Crippen LogP contribution is -2.06. The summed E-state index contributed by atoms with van der Waals surface area (Å²) >= 11 is 0. The van der Waals surface area contributed by atoms with E-state index in [0.717, 1.165) is 25.7 Å². The molecule has 0 aromatic rings. The molecule has 0 rings (SSSR count). The summed E-state index contributed by atoms with van der Waals surface area (Å²) in [7, 11) is 0. The summed E-state index contributed by atoms with van der Waals surface area (Å²) in [5, 5.41) is 8.42. The quantitative estimate of drug-likeness (QED) is 0.350. The summed E-state index contributed by atoms with van der Waals surface area (Å²) in [5.41, 5.74) is 0. The zero-order valence-electron chi connectivity index (χ0n) is 11.2. The molecule has 4 nitrogen and oxygen atoms in total. The molecule has 104 valence electrons. The normalized spacial score (nSPS) is 10.7. The monoisotopic (exact) mass is 256 g/mol. The number of carbonyl (C=O) groups is 2. The number of rotatable bonds is 11. The molecule has 0 radical (unpaired) electrons. The van der Waals surface area contributed by atoms with Crippen LogP contribution < -0.4 is 0 Å². The SMILES string of the molecule is CC/C=C\CCCCOC(=O)CCCCC(=O)O. The molecule has 0 fully saturated rings. The first-order chi connectivity index (χ1) is 8.66. The van der Waals surface area contributed by atoms with Gasteiger partial charge in [-0.3, -0.25) is 9.59 Å². The van der Waals surface area contributed by atoms with Crippen molar-refractivity contribution in [2.24, 2.45) is 0 Å². The van der Waals surface area contributed by atoms with Gasteiger partial charge in [0, 0.05) is 12.8 Å².